The molecule has 0 aromatic carbocycles. The summed E-state index contributed by atoms with van der Waals surface area (Å²) in [5, 5.41) is 10.7. The van der Waals surface area contributed by atoms with E-state index in [1.807, 2.05) is 0 Å². The van der Waals surface area contributed by atoms with Crippen LogP contribution in [0.1, 0.15) is 5.69 Å². The number of rotatable bonds is 4. The van der Waals surface area contributed by atoms with E-state index in [-0.39, 0.29) is 6.42 Å². The second-order valence-corrected chi connectivity index (χ2v) is 2.61. The van der Waals surface area contributed by atoms with E-state index in [1.54, 1.807) is 0 Å². The van der Waals surface area contributed by atoms with Crippen molar-refractivity contribution in [1.82, 2.24) is 15.3 Å². The maximum absolute atomic E-state index is 13.4. The summed E-state index contributed by atoms with van der Waals surface area (Å²) in [6.45, 7) is 0. The van der Waals surface area contributed by atoms with Crippen LogP contribution in [-0.4, -0.2) is 33.9 Å². The van der Waals surface area contributed by atoms with Gasteiger partial charge in [-0.2, -0.15) is 0 Å². The minimum absolute atomic E-state index is 0.279. The lowest BCUT2D eigenvalue weighted by Crippen LogP contribution is -2.48. The molecule has 0 bridgehead atoms. The number of H-pyrrole nitrogens is 1. The minimum Gasteiger partial charge on any atom is -0.478 e. The first-order chi connectivity index (χ1) is 6.08. The molecule has 1 rings (SSSR count). The summed E-state index contributed by atoms with van der Waals surface area (Å²) >= 11 is 0. The molecule has 0 saturated carbocycles. The molecule has 1 aromatic heterocycles. The van der Waals surface area contributed by atoms with Crippen LogP contribution in [0, 0.1) is 0 Å². The molecule has 0 unspecified atom stereocenters. The smallest absolute Gasteiger partial charge is 0.357 e. The topological polar surface area (TPSA) is 78.0 Å². The first-order valence-electron chi connectivity index (χ1n) is 3.67. The summed E-state index contributed by atoms with van der Waals surface area (Å²) in [6.07, 6.45) is 2.47. The Morgan fingerprint density at radius 3 is 3.00 bits per heavy atom. The number of hydrogen-bond donors (Lipinski definition) is 3. The Hall–Kier alpha value is -1.43. The summed E-state index contributed by atoms with van der Waals surface area (Å²) in [5.74, 6) is -3.98. The lowest BCUT2D eigenvalue weighted by atomic mass is 10.1. The molecular formula is C7H10FN3O2. The summed E-state index contributed by atoms with van der Waals surface area (Å²) < 4.78 is 13.4. The van der Waals surface area contributed by atoms with Crippen LogP contribution in [-0.2, 0) is 11.2 Å². The molecule has 13 heavy (non-hydrogen) atoms. The number of aromatic nitrogens is 2. The third-order valence-corrected chi connectivity index (χ3v) is 1.72. The molecule has 3 N–H and O–H groups in total. The first-order valence-corrected chi connectivity index (χ1v) is 3.67. The van der Waals surface area contributed by atoms with Crippen LogP contribution in [0.2, 0.25) is 0 Å². The number of aliphatic carboxylic acids is 1. The fourth-order valence-electron chi connectivity index (χ4n) is 0.915. The maximum atomic E-state index is 13.4. The average molecular weight is 187 g/mol. The number of carbonyl (C=O) groups is 1. The SMILES string of the molecule is CN[C@@](F)(Cc1cnc[nH]1)C(=O)O. The van der Waals surface area contributed by atoms with Crippen LogP contribution in [0.3, 0.4) is 0 Å². The predicted octanol–water partition coefficient (Wildman–Crippen LogP) is -0.0780. The fraction of sp³-hybridized carbons (Fsp3) is 0.429. The standard InChI is InChI=1S/C7H10FN3O2/c1-9-7(8,6(12)13)2-5-3-10-4-11-5/h3-4,9H,2H2,1H3,(H,10,11)(H,12,13)/t7-/m0/s1. The Balaban J connectivity index is 2.75. The van der Waals surface area contributed by atoms with Crippen LogP contribution in [0.4, 0.5) is 4.39 Å². The monoisotopic (exact) mass is 187 g/mol. The summed E-state index contributed by atoms with van der Waals surface area (Å²) in [6, 6.07) is 0. The number of likely N-dealkylation sites (N-methyl/N-ethyl adjacent to an activating group) is 1. The normalized spacial score (nSPS) is 15.2. The van der Waals surface area contributed by atoms with Gasteiger partial charge in [-0.1, -0.05) is 0 Å². The summed E-state index contributed by atoms with van der Waals surface area (Å²) in [7, 11) is 1.25. The van der Waals surface area contributed by atoms with Gasteiger partial charge >= 0.3 is 5.97 Å². The Kier molecular flexibility index (Phi) is 2.62. The van der Waals surface area contributed by atoms with Gasteiger partial charge in [0.25, 0.3) is 5.79 Å². The van der Waals surface area contributed by atoms with Gasteiger partial charge in [0.05, 0.1) is 6.33 Å². The van der Waals surface area contributed by atoms with Crippen LogP contribution in [0.5, 0.6) is 0 Å². The van der Waals surface area contributed by atoms with E-state index in [4.69, 9.17) is 5.11 Å². The number of imidazole rings is 1. The number of aromatic amines is 1. The number of carboxylic acids is 1. The molecule has 1 atom stereocenters. The molecule has 0 aliphatic carbocycles. The number of hydrogen-bond acceptors (Lipinski definition) is 3. The summed E-state index contributed by atoms with van der Waals surface area (Å²) in [5.41, 5.74) is 0.430. The van der Waals surface area contributed by atoms with Gasteiger partial charge in [-0.3, -0.25) is 5.32 Å². The third-order valence-electron chi connectivity index (χ3n) is 1.72. The van der Waals surface area contributed by atoms with Crippen molar-refractivity contribution >= 4 is 5.97 Å². The zero-order valence-corrected chi connectivity index (χ0v) is 7.04. The van der Waals surface area contributed by atoms with E-state index >= 15 is 0 Å². The van der Waals surface area contributed by atoms with Crippen LogP contribution >= 0.6 is 0 Å². The Morgan fingerprint density at radius 2 is 2.62 bits per heavy atom. The number of nitrogens with one attached hydrogen (secondary N) is 2. The Labute approximate surface area is 74.0 Å². The van der Waals surface area contributed by atoms with Gasteiger partial charge in [0, 0.05) is 18.3 Å². The average Bonchev–Trinajstić information content (AvgIpc) is 2.56. The highest BCUT2D eigenvalue weighted by atomic mass is 19.1. The Bertz CT molecular complexity index is 288. The van der Waals surface area contributed by atoms with Crippen molar-refractivity contribution in [3.8, 4) is 0 Å². The van der Waals surface area contributed by atoms with E-state index in [1.165, 1.54) is 19.6 Å². The molecular weight excluding hydrogens is 177 g/mol. The van der Waals surface area contributed by atoms with E-state index in [9.17, 15) is 9.18 Å². The number of alkyl halides is 1. The molecule has 1 heterocycles. The molecule has 72 valence electrons. The third kappa shape index (κ3) is 2.03. The lowest BCUT2D eigenvalue weighted by molar-refractivity contribution is -0.153. The molecule has 0 saturated heterocycles. The van der Waals surface area contributed by atoms with Gasteiger partial charge in [-0.05, 0) is 7.05 Å². The van der Waals surface area contributed by atoms with Gasteiger partial charge in [0.1, 0.15) is 0 Å². The maximum Gasteiger partial charge on any atom is 0.357 e. The molecule has 6 heteroatoms. The highest BCUT2D eigenvalue weighted by Gasteiger charge is 2.37. The van der Waals surface area contributed by atoms with Gasteiger partial charge in [0.15, 0.2) is 0 Å². The molecule has 0 aliphatic heterocycles. The van der Waals surface area contributed by atoms with Crippen molar-refractivity contribution in [3.05, 3.63) is 18.2 Å². The number of nitrogens with zero attached hydrogens (tertiary/aromatic N) is 1. The van der Waals surface area contributed by atoms with E-state index in [2.05, 4.69) is 15.3 Å². The fourth-order valence-corrected chi connectivity index (χ4v) is 0.915. The van der Waals surface area contributed by atoms with Crippen molar-refractivity contribution < 1.29 is 14.3 Å². The Morgan fingerprint density at radius 1 is 1.92 bits per heavy atom. The van der Waals surface area contributed by atoms with Crippen molar-refractivity contribution in [2.75, 3.05) is 7.05 Å². The molecule has 0 amide bonds. The molecule has 1 aromatic rings. The largest absolute Gasteiger partial charge is 0.478 e. The zero-order valence-electron chi connectivity index (χ0n) is 7.04. The molecule has 0 fully saturated rings. The van der Waals surface area contributed by atoms with Crippen LogP contribution < -0.4 is 5.32 Å². The van der Waals surface area contributed by atoms with Crippen molar-refractivity contribution in [3.63, 3.8) is 0 Å². The minimum atomic E-state index is -2.44. The van der Waals surface area contributed by atoms with Crippen LogP contribution in [0.25, 0.3) is 0 Å². The second kappa shape index (κ2) is 3.53. The highest BCUT2D eigenvalue weighted by Crippen LogP contribution is 2.12. The van der Waals surface area contributed by atoms with E-state index < -0.39 is 11.8 Å². The molecule has 0 spiro atoms. The second-order valence-electron chi connectivity index (χ2n) is 2.61. The van der Waals surface area contributed by atoms with Gasteiger partial charge in [0.2, 0.25) is 0 Å². The zero-order chi connectivity index (χ0) is 9.90. The van der Waals surface area contributed by atoms with Gasteiger partial charge in [-0.15, -0.1) is 0 Å². The van der Waals surface area contributed by atoms with Gasteiger partial charge < -0.3 is 10.1 Å². The molecule has 0 aliphatic rings. The van der Waals surface area contributed by atoms with Crippen LogP contribution in [0.15, 0.2) is 12.5 Å². The van der Waals surface area contributed by atoms with Gasteiger partial charge in [-0.25, -0.2) is 14.2 Å². The van der Waals surface area contributed by atoms with E-state index in [0.29, 0.717) is 5.69 Å². The molecule has 0 radical (unpaired) electrons. The van der Waals surface area contributed by atoms with Crippen molar-refractivity contribution in [2.45, 2.75) is 12.2 Å². The first kappa shape index (κ1) is 9.66. The summed E-state index contributed by atoms with van der Waals surface area (Å²) in [4.78, 5) is 16.8. The quantitative estimate of drug-likeness (QED) is 0.576. The van der Waals surface area contributed by atoms with Crippen molar-refractivity contribution in [1.29, 1.82) is 0 Å². The predicted molar refractivity (Wildman–Crippen MR) is 42.8 cm³/mol. The number of carboxylic acid groups (broad SMARTS) is 1. The number of halogens is 1. The van der Waals surface area contributed by atoms with Crippen molar-refractivity contribution in [2.24, 2.45) is 0 Å². The highest BCUT2D eigenvalue weighted by molar-refractivity contribution is 5.77. The molecule has 5 nitrogen and oxygen atoms in total. The van der Waals surface area contributed by atoms with E-state index in [0.717, 1.165) is 0 Å². The lowest BCUT2D eigenvalue weighted by Gasteiger charge is -2.18.